The maximum Gasteiger partial charge on any atom is 0.242 e. The van der Waals surface area contributed by atoms with Gasteiger partial charge < -0.3 is 0 Å². The lowest BCUT2D eigenvalue weighted by Crippen LogP contribution is -2.13. The molecule has 8 heteroatoms. The van der Waals surface area contributed by atoms with Gasteiger partial charge in [-0.25, -0.2) is 21.6 Å². The van der Waals surface area contributed by atoms with Gasteiger partial charge in [-0.05, 0) is 0 Å². The van der Waals surface area contributed by atoms with Gasteiger partial charge in [0.05, 0.1) is 5.69 Å². The van der Waals surface area contributed by atoms with Gasteiger partial charge in [-0.2, -0.15) is 0 Å². The summed E-state index contributed by atoms with van der Waals surface area (Å²) in [4.78, 5) is 0. The molecule has 0 unspecified atom stereocenters. The van der Waals surface area contributed by atoms with Crippen LogP contribution in [0.3, 0.4) is 0 Å². The lowest BCUT2D eigenvalue weighted by molar-refractivity contribution is 0.448. The van der Waals surface area contributed by atoms with Crippen molar-refractivity contribution in [3.05, 3.63) is 29.6 Å². The summed E-state index contributed by atoms with van der Waals surface area (Å²) in [6.45, 7) is 0. The Kier molecular flexibility index (Phi) is 3.61. The summed E-state index contributed by atoms with van der Waals surface area (Å²) in [6.07, 6.45) is 0. The van der Waals surface area contributed by atoms with Gasteiger partial charge in [0.25, 0.3) is 0 Å². The van der Waals surface area contributed by atoms with Gasteiger partial charge in [0.1, 0.15) is 4.66 Å². The van der Waals surface area contributed by atoms with E-state index in [9.17, 15) is 21.6 Å². The minimum Gasteiger partial charge on any atom is -0.283 e. The van der Waals surface area contributed by atoms with Gasteiger partial charge in [-0.1, -0.05) is 15.9 Å². The van der Waals surface area contributed by atoms with Crippen molar-refractivity contribution in [1.29, 1.82) is 0 Å². The number of hydrogen-bond donors (Lipinski definition) is 1. The van der Waals surface area contributed by atoms with Crippen molar-refractivity contribution in [2.45, 2.75) is 0 Å². The molecule has 0 aliphatic heterocycles. The number of halogens is 4. The first-order valence-corrected chi connectivity index (χ1v) is 6.34. The van der Waals surface area contributed by atoms with E-state index in [0.29, 0.717) is 12.1 Å². The highest BCUT2D eigenvalue weighted by atomic mass is 79.9. The number of alkyl halides is 1. The maximum absolute atomic E-state index is 12.7. The zero-order chi connectivity index (χ0) is 11.6. The smallest absolute Gasteiger partial charge is 0.242 e. The molecule has 0 atom stereocenters. The third kappa shape index (κ3) is 3.10. The summed E-state index contributed by atoms with van der Waals surface area (Å²) in [5.74, 6) is -4.55. The Hall–Kier alpha value is -0.760. The highest BCUT2D eigenvalue weighted by molar-refractivity contribution is 9.10. The second-order valence-electron chi connectivity index (χ2n) is 2.58. The summed E-state index contributed by atoms with van der Waals surface area (Å²) in [5.41, 5.74) is -0.370. The molecule has 84 valence electrons. The van der Waals surface area contributed by atoms with Gasteiger partial charge in [-0.15, -0.1) is 0 Å². The van der Waals surface area contributed by atoms with E-state index in [0.717, 1.165) is 0 Å². The van der Waals surface area contributed by atoms with Crippen LogP contribution in [0, 0.1) is 17.5 Å². The lowest BCUT2D eigenvalue weighted by atomic mass is 10.3. The molecule has 1 aromatic carbocycles. The van der Waals surface area contributed by atoms with E-state index < -0.39 is 32.1 Å². The van der Waals surface area contributed by atoms with Crippen LogP contribution < -0.4 is 4.72 Å². The molecule has 0 spiro atoms. The van der Waals surface area contributed by atoms with Crippen molar-refractivity contribution in [2.75, 3.05) is 9.38 Å². The normalized spacial score (nSPS) is 11.5. The fourth-order valence-electron chi connectivity index (χ4n) is 0.821. The van der Waals surface area contributed by atoms with Crippen LogP contribution >= 0.6 is 15.9 Å². The van der Waals surface area contributed by atoms with E-state index in [1.165, 1.54) is 0 Å². The molecule has 0 saturated heterocycles. The van der Waals surface area contributed by atoms with Crippen LogP contribution in [0.15, 0.2) is 12.1 Å². The number of benzene rings is 1. The second kappa shape index (κ2) is 4.40. The molecule has 1 rings (SSSR count). The van der Waals surface area contributed by atoms with Crippen molar-refractivity contribution in [3.63, 3.8) is 0 Å². The monoisotopic (exact) mass is 303 g/mol. The summed E-state index contributed by atoms with van der Waals surface area (Å²) in [6, 6.07) is 1.11. The van der Waals surface area contributed by atoms with Crippen molar-refractivity contribution in [2.24, 2.45) is 0 Å². The lowest BCUT2D eigenvalue weighted by Gasteiger charge is -2.05. The van der Waals surface area contributed by atoms with E-state index in [-0.39, 0.29) is 5.69 Å². The molecular formula is C7H5BrF3NO2S. The average molecular weight is 304 g/mol. The Bertz CT molecular complexity index is 454. The van der Waals surface area contributed by atoms with Gasteiger partial charge in [0.2, 0.25) is 10.0 Å². The molecule has 0 aliphatic carbocycles. The van der Waals surface area contributed by atoms with Crippen molar-refractivity contribution in [1.82, 2.24) is 0 Å². The van der Waals surface area contributed by atoms with Gasteiger partial charge in [0.15, 0.2) is 17.5 Å². The minimum atomic E-state index is -3.71. The van der Waals surface area contributed by atoms with Crippen molar-refractivity contribution < 1.29 is 21.6 Å². The molecule has 0 aliphatic rings. The van der Waals surface area contributed by atoms with Crippen LogP contribution in [-0.2, 0) is 10.0 Å². The number of hydrogen-bond acceptors (Lipinski definition) is 2. The Morgan fingerprint density at radius 3 is 2.07 bits per heavy atom. The van der Waals surface area contributed by atoms with Gasteiger partial charge in [-0.3, -0.25) is 4.72 Å². The Morgan fingerprint density at radius 2 is 1.67 bits per heavy atom. The number of sulfonamides is 1. The van der Waals surface area contributed by atoms with Crippen LogP contribution in [0.25, 0.3) is 0 Å². The summed E-state index contributed by atoms with van der Waals surface area (Å²) < 4.78 is 61.2. The average Bonchev–Trinajstić information content (AvgIpc) is 2.13. The fourth-order valence-corrected chi connectivity index (χ4v) is 1.70. The van der Waals surface area contributed by atoms with Crippen LogP contribution in [0.5, 0.6) is 0 Å². The second-order valence-corrected chi connectivity index (χ2v) is 5.61. The molecule has 0 amide bonds. The molecular weight excluding hydrogens is 299 g/mol. The highest BCUT2D eigenvalue weighted by Crippen LogP contribution is 2.18. The third-order valence-corrected chi connectivity index (χ3v) is 4.04. The topological polar surface area (TPSA) is 46.2 Å². The highest BCUT2D eigenvalue weighted by Gasteiger charge is 2.14. The van der Waals surface area contributed by atoms with Crippen LogP contribution in [-0.4, -0.2) is 13.1 Å². The van der Waals surface area contributed by atoms with E-state index in [4.69, 9.17) is 0 Å². The molecule has 0 saturated carbocycles. The van der Waals surface area contributed by atoms with E-state index >= 15 is 0 Å². The minimum absolute atomic E-state index is 0.370. The van der Waals surface area contributed by atoms with Gasteiger partial charge in [0, 0.05) is 12.1 Å². The van der Waals surface area contributed by atoms with E-state index in [1.54, 1.807) is 0 Å². The Morgan fingerprint density at radius 1 is 1.20 bits per heavy atom. The molecule has 3 nitrogen and oxygen atoms in total. The zero-order valence-corrected chi connectivity index (χ0v) is 9.50. The standard InChI is InChI=1S/C7H5BrF3NO2S/c8-3-15(13,14)12-4-1-5(9)7(11)6(10)2-4/h1-2,12H,3H2. The quantitative estimate of drug-likeness (QED) is 0.687. The Balaban J connectivity index is 3.08. The predicted molar refractivity (Wildman–Crippen MR) is 52.7 cm³/mol. The third-order valence-electron chi connectivity index (χ3n) is 1.40. The van der Waals surface area contributed by atoms with E-state index in [2.05, 4.69) is 15.9 Å². The van der Waals surface area contributed by atoms with E-state index in [1.807, 2.05) is 4.72 Å². The summed E-state index contributed by atoms with van der Waals surface area (Å²) in [5, 5.41) is 0. The number of anilines is 1. The molecule has 0 radical (unpaired) electrons. The van der Waals surface area contributed by atoms with Crippen LogP contribution in [0.4, 0.5) is 18.9 Å². The van der Waals surface area contributed by atoms with Crippen molar-refractivity contribution >= 4 is 31.6 Å². The number of rotatable bonds is 3. The number of nitrogens with one attached hydrogen (secondary N) is 1. The fraction of sp³-hybridized carbons (Fsp3) is 0.143. The first kappa shape index (κ1) is 12.3. The molecule has 0 aromatic heterocycles. The van der Waals surface area contributed by atoms with Gasteiger partial charge >= 0.3 is 0 Å². The summed E-state index contributed by atoms with van der Waals surface area (Å²) >= 11 is 2.67. The van der Waals surface area contributed by atoms with Crippen LogP contribution in [0.1, 0.15) is 0 Å². The molecule has 0 heterocycles. The molecule has 0 fully saturated rings. The van der Waals surface area contributed by atoms with Crippen LogP contribution in [0.2, 0.25) is 0 Å². The predicted octanol–water partition coefficient (Wildman–Crippen LogP) is 2.20. The van der Waals surface area contributed by atoms with Crippen molar-refractivity contribution in [3.8, 4) is 0 Å². The molecule has 1 N–H and O–H groups in total. The maximum atomic E-state index is 12.7. The zero-order valence-electron chi connectivity index (χ0n) is 7.10. The molecule has 15 heavy (non-hydrogen) atoms. The molecule has 1 aromatic rings. The Labute approximate surface area is 92.5 Å². The summed E-state index contributed by atoms with van der Waals surface area (Å²) in [7, 11) is -3.71. The largest absolute Gasteiger partial charge is 0.283 e. The first-order chi connectivity index (χ1) is 6.85. The molecule has 0 bridgehead atoms. The SMILES string of the molecule is O=S(=O)(CBr)Nc1cc(F)c(F)c(F)c1. The first-order valence-electron chi connectivity index (χ1n) is 3.57.